The van der Waals surface area contributed by atoms with Crippen molar-refractivity contribution in [1.29, 1.82) is 0 Å². The van der Waals surface area contributed by atoms with E-state index in [0.29, 0.717) is 16.7 Å². The second kappa shape index (κ2) is 6.11. The SMILES string of the molecule is Cc1cc(C(=O)N2CCc3c(F)cc(F)cc3C2)nc2[nH]c(=O)[nH]c(=O)c12. The van der Waals surface area contributed by atoms with Gasteiger partial charge in [0.15, 0.2) is 0 Å². The van der Waals surface area contributed by atoms with Crippen LogP contribution in [-0.2, 0) is 13.0 Å². The number of pyridine rings is 1. The third-order valence-corrected chi connectivity index (χ3v) is 4.65. The van der Waals surface area contributed by atoms with Crippen LogP contribution in [0.3, 0.4) is 0 Å². The summed E-state index contributed by atoms with van der Waals surface area (Å²) in [5.74, 6) is -1.76. The number of nitrogens with zero attached hydrogens (tertiary/aromatic N) is 2. The smallest absolute Gasteiger partial charge is 0.327 e. The predicted molar refractivity (Wildman–Crippen MR) is 92.5 cm³/mol. The van der Waals surface area contributed by atoms with Gasteiger partial charge in [-0.2, -0.15) is 0 Å². The third-order valence-electron chi connectivity index (χ3n) is 4.65. The van der Waals surface area contributed by atoms with Crippen LogP contribution < -0.4 is 11.2 Å². The zero-order valence-corrected chi connectivity index (χ0v) is 14.2. The highest BCUT2D eigenvalue weighted by molar-refractivity contribution is 5.95. The van der Waals surface area contributed by atoms with Crippen LogP contribution in [0.15, 0.2) is 27.8 Å². The minimum absolute atomic E-state index is 0.0154. The molecular weight excluding hydrogens is 358 g/mol. The number of aromatic amines is 2. The van der Waals surface area contributed by atoms with E-state index in [0.717, 1.165) is 6.07 Å². The maximum atomic E-state index is 13.9. The lowest BCUT2D eigenvalue weighted by Gasteiger charge is -2.29. The van der Waals surface area contributed by atoms with Gasteiger partial charge in [0.25, 0.3) is 11.5 Å². The number of aromatic nitrogens is 3. The van der Waals surface area contributed by atoms with Crippen LogP contribution in [0.4, 0.5) is 8.78 Å². The van der Waals surface area contributed by atoms with Crippen LogP contribution in [0.1, 0.15) is 27.2 Å². The molecule has 1 aliphatic rings. The number of benzene rings is 1. The first-order valence-electron chi connectivity index (χ1n) is 8.23. The number of carbonyl (C=O) groups is 1. The predicted octanol–water partition coefficient (Wildman–Crippen LogP) is 1.40. The molecule has 0 aliphatic carbocycles. The van der Waals surface area contributed by atoms with E-state index in [1.165, 1.54) is 17.0 Å². The van der Waals surface area contributed by atoms with E-state index in [-0.39, 0.29) is 36.2 Å². The highest BCUT2D eigenvalue weighted by atomic mass is 19.1. The van der Waals surface area contributed by atoms with E-state index >= 15 is 0 Å². The summed E-state index contributed by atoms with van der Waals surface area (Å²) in [7, 11) is 0. The molecule has 0 bridgehead atoms. The average Bonchev–Trinajstić information content (AvgIpc) is 2.59. The number of halogens is 2. The monoisotopic (exact) mass is 372 g/mol. The Kier molecular flexibility index (Phi) is 3.87. The normalized spacial score (nSPS) is 13.7. The number of carbonyl (C=O) groups excluding carboxylic acids is 1. The van der Waals surface area contributed by atoms with Gasteiger partial charge in [0, 0.05) is 19.2 Å². The number of nitrogens with one attached hydrogen (secondary N) is 2. The van der Waals surface area contributed by atoms with Crippen LogP contribution in [0.5, 0.6) is 0 Å². The first kappa shape index (κ1) is 17.1. The maximum absolute atomic E-state index is 13.9. The largest absolute Gasteiger partial charge is 0.333 e. The van der Waals surface area contributed by atoms with Crippen molar-refractivity contribution in [3.63, 3.8) is 0 Å². The van der Waals surface area contributed by atoms with Crippen molar-refractivity contribution >= 4 is 16.9 Å². The summed E-state index contributed by atoms with van der Waals surface area (Å²) in [4.78, 5) is 46.3. The van der Waals surface area contributed by atoms with Crippen LogP contribution in [0, 0.1) is 18.6 Å². The van der Waals surface area contributed by atoms with Crippen molar-refractivity contribution in [1.82, 2.24) is 19.9 Å². The fraction of sp³-hybridized carbons (Fsp3) is 0.222. The molecule has 9 heteroatoms. The fourth-order valence-electron chi connectivity index (χ4n) is 3.41. The number of hydrogen-bond acceptors (Lipinski definition) is 4. The topological polar surface area (TPSA) is 98.9 Å². The van der Waals surface area contributed by atoms with Gasteiger partial charge >= 0.3 is 5.69 Å². The van der Waals surface area contributed by atoms with Crippen molar-refractivity contribution in [2.75, 3.05) is 6.54 Å². The number of amides is 1. The number of fused-ring (bicyclic) bond motifs is 2. The number of rotatable bonds is 1. The molecule has 3 aromatic rings. The molecule has 7 nitrogen and oxygen atoms in total. The van der Waals surface area contributed by atoms with Crippen molar-refractivity contribution in [3.05, 3.63) is 73.1 Å². The molecule has 1 aliphatic heterocycles. The molecule has 0 saturated carbocycles. The van der Waals surface area contributed by atoms with Gasteiger partial charge in [0.05, 0.1) is 5.39 Å². The van der Waals surface area contributed by atoms with Crippen molar-refractivity contribution in [2.45, 2.75) is 19.9 Å². The van der Waals surface area contributed by atoms with E-state index in [1.807, 2.05) is 0 Å². The lowest BCUT2D eigenvalue weighted by molar-refractivity contribution is 0.0727. The fourth-order valence-corrected chi connectivity index (χ4v) is 3.41. The molecule has 2 N–H and O–H groups in total. The molecule has 27 heavy (non-hydrogen) atoms. The molecular formula is C18H14F2N4O3. The van der Waals surface area contributed by atoms with Crippen molar-refractivity contribution in [3.8, 4) is 0 Å². The molecule has 138 valence electrons. The highest BCUT2D eigenvalue weighted by Gasteiger charge is 2.26. The second-order valence-electron chi connectivity index (χ2n) is 6.46. The van der Waals surface area contributed by atoms with Gasteiger partial charge < -0.3 is 4.90 Å². The molecule has 0 unspecified atom stereocenters. The van der Waals surface area contributed by atoms with E-state index in [4.69, 9.17) is 0 Å². The molecule has 2 aromatic heterocycles. The maximum Gasteiger partial charge on any atom is 0.327 e. The lowest BCUT2D eigenvalue weighted by atomic mass is 9.98. The molecule has 0 saturated heterocycles. The van der Waals surface area contributed by atoms with Gasteiger partial charge in [0.2, 0.25) is 0 Å². The summed E-state index contributed by atoms with van der Waals surface area (Å²) in [5.41, 5.74) is 0.0457. The van der Waals surface area contributed by atoms with Crippen molar-refractivity contribution < 1.29 is 13.6 Å². The molecule has 0 radical (unpaired) electrons. The zero-order chi connectivity index (χ0) is 19.3. The van der Waals surface area contributed by atoms with E-state index in [2.05, 4.69) is 15.0 Å². The summed E-state index contributed by atoms with van der Waals surface area (Å²) in [6, 6.07) is 3.51. The Morgan fingerprint density at radius 1 is 1.19 bits per heavy atom. The number of hydrogen-bond donors (Lipinski definition) is 2. The average molecular weight is 372 g/mol. The van der Waals surface area contributed by atoms with Gasteiger partial charge in [-0.1, -0.05) is 0 Å². The Morgan fingerprint density at radius 3 is 2.74 bits per heavy atom. The quantitative estimate of drug-likeness (QED) is 0.674. The minimum atomic E-state index is -0.721. The lowest BCUT2D eigenvalue weighted by Crippen LogP contribution is -2.37. The van der Waals surface area contributed by atoms with E-state index in [1.54, 1.807) is 6.92 Å². The summed E-state index contributed by atoms with van der Waals surface area (Å²) < 4.78 is 27.4. The van der Waals surface area contributed by atoms with Gasteiger partial charge in [-0.25, -0.2) is 18.6 Å². The molecule has 0 spiro atoms. The Labute approximate surface area is 150 Å². The number of H-pyrrole nitrogens is 2. The first-order valence-corrected chi connectivity index (χ1v) is 8.23. The Morgan fingerprint density at radius 2 is 1.96 bits per heavy atom. The molecule has 1 aromatic carbocycles. The molecule has 4 rings (SSSR count). The van der Waals surface area contributed by atoms with Gasteiger partial charge in [0.1, 0.15) is 23.0 Å². The van der Waals surface area contributed by atoms with Gasteiger partial charge in [-0.3, -0.25) is 19.6 Å². The van der Waals surface area contributed by atoms with Gasteiger partial charge in [-0.05, 0) is 42.2 Å². The van der Waals surface area contributed by atoms with E-state index in [9.17, 15) is 23.2 Å². The molecule has 3 heterocycles. The summed E-state index contributed by atoms with van der Waals surface area (Å²) in [6.45, 7) is 1.93. The number of aryl methyl sites for hydroxylation is 1. The van der Waals surface area contributed by atoms with Gasteiger partial charge in [-0.15, -0.1) is 0 Å². The highest BCUT2D eigenvalue weighted by Crippen LogP contribution is 2.24. The van der Waals surface area contributed by atoms with E-state index < -0.39 is 28.8 Å². The standard InChI is InChI=1S/C18H14F2N4O3/c1-8-4-13(21-15-14(8)16(25)23-18(27)22-15)17(26)24-3-2-11-9(7-24)5-10(19)6-12(11)20/h4-6H,2-3,7H2,1H3,(H2,21,22,23,25,27). The minimum Gasteiger partial charge on any atom is -0.333 e. The third kappa shape index (κ3) is 2.90. The van der Waals surface area contributed by atoms with Crippen molar-refractivity contribution in [2.24, 2.45) is 0 Å². The summed E-state index contributed by atoms with van der Waals surface area (Å²) >= 11 is 0. The molecule has 0 fully saturated rings. The summed E-state index contributed by atoms with van der Waals surface area (Å²) in [5, 5.41) is 0.194. The Hall–Kier alpha value is -3.36. The van der Waals surface area contributed by atoms with Crippen LogP contribution in [0.2, 0.25) is 0 Å². The zero-order valence-electron chi connectivity index (χ0n) is 14.2. The molecule has 1 amide bonds. The Balaban J connectivity index is 1.73. The van der Waals surface area contributed by atoms with Crippen LogP contribution >= 0.6 is 0 Å². The Bertz CT molecular complexity index is 1220. The molecule has 0 atom stereocenters. The van der Waals surface area contributed by atoms with Crippen LogP contribution in [-0.4, -0.2) is 32.3 Å². The second-order valence-corrected chi connectivity index (χ2v) is 6.46. The summed E-state index contributed by atoms with van der Waals surface area (Å²) in [6.07, 6.45) is 0.260. The first-order chi connectivity index (χ1) is 12.8. The van der Waals surface area contributed by atoms with Crippen LogP contribution in [0.25, 0.3) is 11.0 Å².